The van der Waals surface area contributed by atoms with Crippen molar-refractivity contribution in [3.8, 4) is 5.75 Å². The van der Waals surface area contributed by atoms with Crippen LogP contribution in [0.1, 0.15) is 52.0 Å². The second-order valence-corrected chi connectivity index (χ2v) is 7.65. The summed E-state index contributed by atoms with van der Waals surface area (Å²) >= 11 is 0. The van der Waals surface area contributed by atoms with Crippen LogP contribution in [-0.2, 0) is 11.2 Å². The molecule has 0 unspecified atom stereocenters. The molecule has 0 radical (unpaired) electrons. The van der Waals surface area contributed by atoms with Gasteiger partial charge in [0.1, 0.15) is 5.75 Å². The molecule has 0 bridgehead atoms. The number of ether oxygens (including phenoxy) is 1. The van der Waals surface area contributed by atoms with E-state index in [0.29, 0.717) is 18.5 Å². The number of piperidine rings is 1. The lowest BCUT2D eigenvalue weighted by Gasteiger charge is -2.38. The van der Waals surface area contributed by atoms with Crippen molar-refractivity contribution in [3.05, 3.63) is 29.8 Å². The quantitative estimate of drug-likeness (QED) is 0.759. The molecule has 1 aliphatic carbocycles. The van der Waals surface area contributed by atoms with Crippen LogP contribution in [0.25, 0.3) is 0 Å². The number of para-hydroxylation sites is 1. The van der Waals surface area contributed by atoms with Crippen molar-refractivity contribution in [2.24, 2.45) is 0 Å². The number of rotatable bonds is 7. The maximum Gasteiger partial charge on any atom is 0.227 e. The lowest BCUT2D eigenvalue weighted by Crippen LogP contribution is -2.48. The molecule has 1 aromatic rings. The molecule has 138 valence electrons. The zero-order chi connectivity index (χ0) is 17.8. The number of benzene rings is 1. The summed E-state index contributed by atoms with van der Waals surface area (Å²) in [5.74, 6) is 1.12. The van der Waals surface area contributed by atoms with Gasteiger partial charge in [-0.1, -0.05) is 25.1 Å². The van der Waals surface area contributed by atoms with E-state index in [1.54, 1.807) is 0 Å². The molecule has 1 saturated carbocycles. The van der Waals surface area contributed by atoms with Gasteiger partial charge in [-0.2, -0.15) is 0 Å². The Hall–Kier alpha value is -1.55. The highest BCUT2D eigenvalue weighted by Gasteiger charge is 2.38. The average Bonchev–Trinajstić information content (AvgIpc) is 3.42. The molecule has 25 heavy (non-hydrogen) atoms. The van der Waals surface area contributed by atoms with Gasteiger partial charge in [-0.3, -0.25) is 4.79 Å². The van der Waals surface area contributed by atoms with Crippen LogP contribution >= 0.6 is 0 Å². The average molecular weight is 344 g/mol. The normalized spacial score (nSPS) is 19.2. The predicted molar refractivity (Wildman–Crippen MR) is 101 cm³/mol. The monoisotopic (exact) mass is 344 g/mol. The van der Waals surface area contributed by atoms with Crippen molar-refractivity contribution >= 4 is 5.91 Å². The minimum atomic E-state index is 0.120. The van der Waals surface area contributed by atoms with Gasteiger partial charge in [0, 0.05) is 30.7 Å². The largest absolute Gasteiger partial charge is 0.491 e. The molecule has 0 spiro atoms. The molecule has 2 fully saturated rings. The van der Waals surface area contributed by atoms with Gasteiger partial charge in [-0.25, -0.2) is 0 Å². The molecular weight excluding hydrogens is 312 g/mol. The fourth-order valence-electron chi connectivity index (χ4n) is 3.84. The second-order valence-electron chi connectivity index (χ2n) is 7.65. The Morgan fingerprint density at radius 2 is 1.80 bits per heavy atom. The van der Waals surface area contributed by atoms with Crippen LogP contribution in [0.15, 0.2) is 24.3 Å². The summed E-state index contributed by atoms with van der Waals surface area (Å²) in [6, 6.07) is 8.87. The van der Waals surface area contributed by atoms with E-state index in [4.69, 9.17) is 4.74 Å². The Morgan fingerprint density at radius 3 is 2.40 bits per heavy atom. The summed E-state index contributed by atoms with van der Waals surface area (Å²) in [6.45, 7) is 9.61. The number of hydrogen-bond donors (Lipinski definition) is 0. The van der Waals surface area contributed by atoms with Crippen molar-refractivity contribution in [1.82, 2.24) is 9.80 Å². The third-order valence-electron chi connectivity index (χ3n) is 5.30. The molecule has 0 atom stereocenters. The van der Waals surface area contributed by atoms with Gasteiger partial charge < -0.3 is 14.5 Å². The van der Waals surface area contributed by atoms with Gasteiger partial charge in [0.2, 0.25) is 5.91 Å². The van der Waals surface area contributed by atoms with E-state index in [2.05, 4.69) is 16.7 Å². The molecule has 0 N–H and O–H groups in total. The van der Waals surface area contributed by atoms with Gasteiger partial charge >= 0.3 is 0 Å². The van der Waals surface area contributed by atoms with E-state index in [1.807, 2.05) is 38.1 Å². The van der Waals surface area contributed by atoms with Crippen LogP contribution < -0.4 is 4.74 Å². The van der Waals surface area contributed by atoms with Gasteiger partial charge in [-0.05, 0) is 52.1 Å². The van der Waals surface area contributed by atoms with Gasteiger partial charge in [0.25, 0.3) is 0 Å². The summed E-state index contributed by atoms with van der Waals surface area (Å²) < 4.78 is 5.90. The number of likely N-dealkylation sites (tertiary alicyclic amines) is 1. The van der Waals surface area contributed by atoms with Crippen LogP contribution in [0, 0.1) is 0 Å². The smallest absolute Gasteiger partial charge is 0.227 e. The summed E-state index contributed by atoms with van der Waals surface area (Å²) in [6.07, 6.45) is 5.14. The van der Waals surface area contributed by atoms with Gasteiger partial charge in [-0.15, -0.1) is 0 Å². The van der Waals surface area contributed by atoms with Gasteiger partial charge in [0.15, 0.2) is 0 Å². The van der Waals surface area contributed by atoms with E-state index < -0.39 is 0 Å². The molecule has 1 aliphatic heterocycles. The Kier molecular flexibility index (Phi) is 6.00. The summed E-state index contributed by atoms with van der Waals surface area (Å²) in [4.78, 5) is 17.8. The maximum absolute atomic E-state index is 13.1. The number of hydrogen-bond acceptors (Lipinski definition) is 3. The Balaban J connectivity index is 1.68. The van der Waals surface area contributed by atoms with E-state index in [-0.39, 0.29) is 12.0 Å². The lowest BCUT2D eigenvalue weighted by molar-refractivity contribution is -0.134. The first-order chi connectivity index (χ1) is 12.1. The molecule has 1 saturated heterocycles. The van der Waals surface area contributed by atoms with Crippen LogP contribution in [-0.4, -0.2) is 53.5 Å². The summed E-state index contributed by atoms with van der Waals surface area (Å²) in [7, 11) is 0. The second kappa shape index (κ2) is 8.22. The fourth-order valence-corrected chi connectivity index (χ4v) is 3.84. The van der Waals surface area contributed by atoms with Crippen molar-refractivity contribution in [1.29, 1.82) is 0 Å². The van der Waals surface area contributed by atoms with Crippen molar-refractivity contribution in [2.45, 2.75) is 71.1 Å². The highest BCUT2D eigenvalue weighted by molar-refractivity contribution is 5.80. The van der Waals surface area contributed by atoms with Crippen molar-refractivity contribution in [3.63, 3.8) is 0 Å². The Labute approximate surface area is 152 Å². The van der Waals surface area contributed by atoms with Gasteiger partial charge in [0.05, 0.1) is 12.5 Å². The third-order valence-corrected chi connectivity index (χ3v) is 5.30. The number of amides is 1. The van der Waals surface area contributed by atoms with E-state index >= 15 is 0 Å². The van der Waals surface area contributed by atoms with Crippen molar-refractivity contribution in [2.75, 3.05) is 19.6 Å². The molecule has 0 aromatic heterocycles. The molecule has 1 aromatic carbocycles. The first-order valence-electron chi connectivity index (χ1n) is 9.86. The Morgan fingerprint density at radius 1 is 1.16 bits per heavy atom. The molecule has 4 heteroatoms. The van der Waals surface area contributed by atoms with E-state index in [1.165, 1.54) is 12.8 Å². The molecule has 1 amide bonds. The highest BCUT2D eigenvalue weighted by atomic mass is 16.5. The number of nitrogens with zero attached hydrogens (tertiary/aromatic N) is 2. The fraction of sp³-hybridized carbons (Fsp3) is 0.667. The van der Waals surface area contributed by atoms with E-state index in [9.17, 15) is 4.79 Å². The van der Waals surface area contributed by atoms with Crippen molar-refractivity contribution < 1.29 is 9.53 Å². The minimum absolute atomic E-state index is 0.120. The number of carbonyl (C=O) groups is 1. The zero-order valence-electron chi connectivity index (χ0n) is 15.9. The highest BCUT2D eigenvalue weighted by Crippen LogP contribution is 2.33. The third kappa shape index (κ3) is 4.75. The Bertz CT molecular complexity index is 575. The summed E-state index contributed by atoms with van der Waals surface area (Å²) in [5.41, 5.74) is 1.01. The first-order valence-corrected chi connectivity index (χ1v) is 9.86. The molecule has 2 aliphatic rings. The standard InChI is InChI=1S/C21H32N2O2/c1-4-22-13-11-19(12-14-22)23(18-9-10-18)21(24)15-17-7-5-6-8-20(17)25-16(2)3/h5-8,16,18-19H,4,9-15H2,1-3H3. The summed E-state index contributed by atoms with van der Waals surface area (Å²) in [5, 5.41) is 0. The van der Waals surface area contributed by atoms with Crippen LogP contribution in [0.5, 0.6) is 5.75 Å². The number of carbonyl (C=O) groups excluding carboxylic acids is 1. The minimum Gasteiger partial charge on any atom is -0.491 e. The topological polar surface area (TPSA) is 32.8 Å². The molecule has 3 rings (SSSR count). The maximum atomic E-state index is 13.1. The zero-order valence-corrected chi connectivity index (χ0v) is 15.9. The first kappa shape index (κ1) is 18.2. The molecule has 1 heterocycles. The van der Waals surface area contributed by atoms with Crippen LogP contribution in [0.3, 0.4) is 0 Å². The predicted octanol–water partition coefficient (Wildman–Crippen LogP) is 3.49. The van der Waals surface area contributed by atoms with Crippen LogP contribution in [0.2, 0.25) is 0 Å². The van der Waals surface area contributed by atoms with Crippen LogP contribution in [0.4, 0.5) is 0 Å². The SMILES string of the molecule is CCN1CCC(N(C(=O)Cc2ccccc2OC(C)C)C2CC2)CC1. The molecular formula is C21H32N2O2. The van der Waals surface area contributed by atoms with E-state index in [0.717, 1.165) is 43.8 Å². The lowest BCUT2D eigenvalue weighted by atomic mass is 10.0. The molecule has 4 nitrogen and oxygen atoms in total.